The highest BCUT2D eigenvalue weighted by Gasteiger charge is 2.41. The number of dihydropyridines is 1. The molecule has 2 aromatic rings. The minimum absolute atomic E-state index is 0.0110. The number of allylic oxidation sites excluding steroid dienone is 3. The first kappa shape index (κ1) is 22.3. The summed E-state index contributed by atoms with van der Waals surface area (Å²) in [5.74, 6) is -1.47. The van der Waals surface area contributed by atoms with E-state index < -0.39 is 11.9 Å². The van der Waals surface area contributed by atoms with Crippen LogP contribution in [0.1, 0.15) is 56.6 Å². The number of halogens is 2. The number of carbonyl (C=O) groups is 2. The molecular weight excluding hydrogens is 429 g/mol. The summed E-state index contributed by atoms with van der Waals surface area (Å²) in [4.78, 5) is 26.5. The lowest BCUT2D eigenvalue weighted by Gasteiger charge is -2.37. The van der Waals surface area contributed by atoms with E-state index in [1.165, 1.54) is 12.1 Å². The van der Waals surface area contributed by atoms with Gasteiger partial charge in [0, 0.05) is 34.3 Å². The van der Waals surface area contributed by atoms with E-state index in [1.54, 1.807) is 26.0 Å². The van der Waals surface area contributed by atoms with Crippen molar-refractivity contribution in [3.05, 3.63) is 93.0 Å². The van der Waals surface area contributed by atoms with Crippen molar-refractivity contribution in [2.45, 2.75) is 51.6 Å². The molecule has 166 valence electrons. The molecular formula is C26H25ClFNO3. The maximum Gasteiger partial charge on any atom is 0.337 e. The summed E-state index contributed by atoms with van der Waals surface area (Å²) in [5.41, 5.74) is 4.13. The summed E-state index contributed by atoms with van der Waals surface area (Å²) in [7, 11) is 0. The van der Waals surface area contributed by atoms with Gasteiger partial charge in [-0.05, 0) is 68.5 Å². The minimum atomic E-state index is -0.600. The van der Waals surface area contributed by atoms with Gasteiger partial charge in [0.1, 0.15) is 5.82 Å². The van der Waals surface area contributed by atoms with Crippen LogP contribution in [0.3, 0.4) is 0 Å². The third-order valence-corrected chi connectivity index (χ3v) is 6.19. The predicted octanol–water partition coefficient (Wildman–Crippen LogP) is 5.79. The van der Waals surface area contributed by atoms with Gasteiger partial charge in [-0.3, -0.25) is 4.79 Å². The fraction of sp³-hybridized carbons (Fsp3) is 0.308. The number of ether oxygens (including phenoxy) is 1. The van der Waals surface area contributed by atoms with Gasteiger partial charge in [0.2, 0.25) is 0 Å². The van der Waals surface area contributed by atoms with Crippen LogP contribution in [0.4, 0.5) is 4.39 Å². The molecule has 1 aliphatic carbocycles. The molecule has 32 heavy (non-hydrogen) atoms. The van der Waals surface area contributed by atoms with E-state index in [1.807, 2.05) is 31.2 Å². The van der Waals surface area contributed by atoms with E-state index in [-0.39, 0.29) is 23.6 Å². The van der Waals surface area contributed by atoms with Gasteiger partial charge in [0.25, 0.3) is 0 Å². The van der Waals surface area contributed by atoms with Crippen molar-refractivity contribution in [2.24, 2.45) is 0 Å². The Morgan fingerprint density at radius 2 is 1.69 bits per heavy atom. The van der Waals surface area contributed by atoms with Crippen molar-refractivity contribution in [3.8, 4) is 0 Å². The van der Waals surface area contributed by atoms with Gasteiger partial charge in [-0.15, -0.1) is 0 Å². The molecule has 4 rings (SSSR count). The molecule has 0 unspecified atom stereocenters. The van der Waals surface area contributed by atoms with Crippen molar-refractivity contribution < 1.29 is 18.7 Å². The number of hydrogen-bond acceptors (Lipinski definition) is 4. The molecule has 1 N–H and O–H groups in total. The highest BCUT2D eigenvalue weighted by atomic mass is 35.5. The summed E-state index contributed by atoms with van der Waals surface area (Å²) in [6.07, 6.45) is 0.652. The Kier molecular flexibility index (Phi) is 6.20. The second-order valence-corrected chi connectivity index (χ2v) is 9.01. The van der Waals surface area contributed by atoms with Gasteiger partial charge in [-0.1, -0.05) is 35.9 Å². The molecule has 0 saturated carbocycles. The zero-order valence-corrected chi connectivity index (χ0v) is 19.0. The van der Waals surface area contributed by atoms with Crippen LogP contribution in [0.25, 0.3) is 0 Å². The Morgan fingerprint density at radius 1 is 1.06 bits per heavy atom. The van der Waals surface area contributed by atoms with Gasteiger partial charge < -0.3 is 10.1 Å². The fourth-order valence-corrected chi connectivity index (χ4v) is 4.67. The summed E-state index contributed by atoms with van der Waals surface area (Å²) < 4.78 is 19.1. The molecule has 0 radical (unpaired) electrons. The van der Waals surface area contributed by atoms with E-state index in [0.717, 1.165) is 11.3 Å². The van der Waals surface area contributed by atoms with E-state index in [0.29, 0.717) is 40.3 Å². The lowest BCUT2D eigenvalue weighted by molar-refractivity contribution is -0.143. The third-order valence-electron chi connectivity index (χ3n) is 5.93. The van der Waals surface area contributed by atoms with E-state index in [9.17, 15) is 14.0 Å². The van der Waals surface area contributed by atoms with Crippen molar-refractivity contribution in [1.82, 2.24) is 5.32 Å². The summed E-state index contributed by atoms with van der Waals surface area (Å²) in [6, 6.07) is 13.5. The minimum Gasteiger partial charge on any atom is -0.460 e. The number of hydrogen-bond donors (Lipinski definition) is 1. The average Bonchev–Trinajstić information content (AvgIpc) is 2.73. The molecule has 0 saturated heterocycles. The topological polar surface area (TPSA) is 55.4 Å². The van der Waals surface area contributed by atoms with Crippen LogP contribution in [0.5, 0.6) is 0 Å². The molecule has 2 atom stereocenters. The first-order chi connectivity index (χ1) is 15.2. The molecule has 0 bridgehead atoms. The highest BCUT2D eigenvalue weighted by molar-refractivity contribution is 6.30. The molecule has 0 spiro atoms. The monoisotopic (exact) mass is 453 g/mol. The van der Waals surface area contributed by atoms with Crippen LogP contribution in [0.2, 0.25) is 5.02 Å². The van der Waals surface area contributed by atoms with Gasteiger partial charge >= 0.3 is 5.97 Å². The van der Waals surface area contributed by atoms with E-state index in [4.69, 9.17) is 16.3 Å². The Hall–Kier alpha value is -2.92. The smallest absolute Gasteiger partial charge is 0.337 e. The van der Waals surface area contributed by atoms with Crippen LogP contribution in [-0.2, 0) is 14.3 Å². The molecule has 2 aromatic carbocycles. The second kappa shape index (κ2) is 8.91. The van der Waals surface area contributed by atoms with Crippen LogP contribution < -0.4 is 5.32 Å². The molecule has 6 heteroatoms. The van der Waals surface area contributed by atoms with Crippen molar-refractivity contribution in [1.29, 1.82) is 0 Å². The average molecular weight is 454 g/mol. The summed E-state index contributed by atoms with van der Waals surface area (Å²) in [5, 5.41) is 3.96. The molecule has 1 heterocycles. The lowest BCUT2D eigenvalue weighted by atomic mass is 9.72. The number of ketones is 1. The van der Waals surface area contributed by atoms with E-state index >= 15 is 0 Å². The van der Waals surface area contributed by atoms with Crippen molar-refractivity contribution in [2.75, 3.05) is 0 Å². The lowest BCUT2D eigenvalue weighted by Crippen LogP contribution is -2.36. The number of nitrogens with one attached hydrogen (secondary N) is 1. The van der Waals surface area contributed by atoms with Crippen molar-refractivity contribution >= 4 is 23.4 Å². The molecule has 0 aromatic heterocycles. The van der Waals surface area contributed by atoms with Gasteiger partial charge in [0.15, 0.2) is 5.78 Å². The van der Waals surface area contributed by atoms with Crippen LogP contribution in [0, 0.1) is 5.82 Å². The van der Waals surface area contributed by atoms with Crippen LogP contribution >= 0.6 is 11.6 Å². The SMILES string of the molecule is CC1=C(C(=O)OC(C)C)[C@H](c2ccc(F)cc2)C2=C(C[C@@H](c3ccc(Cl)cc3)CC2=O)N1. The fourth-order valence-electron chi connectivity index (χ4n) is 4.55. The molecule has 4 nitrogen and oxygen atoms in total. The number of carbonyl (C=O) groups excluding carboxylic acids is 2. The normalized spacial score (nSPS) is 20.9. The number of Topliss-reactive ketones (excluding diaryl/α,β-unsaturated/α-hetero) is 1. The van der Waals surface area contributed by atoms with Crippen LogP contribution in [0.15, 0.2) is 71.1 Å². The highest BCUT2D eigenvalue weighted by Crippen LogP contribution is 2.45. The maximum atomic E-state index is 13.6. The van der Waals surface area contributed by atoms with Gasteiger partial charge in [-0.25, -0.2) is 9.18 Å². The van der Waals surface area contributed by atoms with E-state index in [2.05, 4.69) is 5.32 Å². The number of rotatable bonds is 4. The Balaban J connectivity index is 1.78. The molecule has 2 aliphatic rings. The first-order valence-corrected chi connectivity index (χ1v) is 11.1. The first-order valence-electron chi connectivity index (χ1n) is 10.7. The maximum absolute atomic E-state index is 13.6. The van der Waals surface area contributed by atoms with Gasteiger partial charge in [0.05, 0.1) is 11.7 Å². The van der Waals surface area contributed by atoms with Crippen LogP contribution in [-0.4, -0.2) is 17.9 Å². The molecule has 0 amide bonds. The Bertz CT molecular complexity index is 1120. The second-order valence-electron chi connectivity index (χ2n) is 8.57. The summed E-state index contributed by atoms with van der Waals surface area (Å²) >= 11 is 6.02. The largest absolute Gasteiger partial charge is 0.460 e. The standard InChI is InChI=1S/C26H25ClFNO3/c1-14(2)32-26(31)23-15(3)29-21-12-18(16-4-8-19(27)9-5-16)13-22(30)25(21)24(23)17-6-10-20(28)11-7-17/h4-11,14,18,24,29H,12-13H2,1-3H3/t18-,24+/m1/s1. The van der Waals surface area contributed by atoms with Gasteiger partial charge in [-0.2, -0.15) is 0 Å². The number of benzene rings is 2. The zero-order chi connectivity index (χ0) is 23.0. The molecule has 0 fully saturated rings. The Labute approximate surface area is 192 Å². The number of esters is 1. The third kappa shape index (κ3) is 4.35. The molecule has 1 aliphatic heterocycles. The predicted molar refractivity (Wildman–Crippen MR) is 122 cm³/mol. The zero-order valence-electron chi connectivity index (χ0n) is 18.2. The van der Waals surface area contributed by atoms with Crippen molar-refractivity contribution in [3.63, 3.8) is 0 Å². The quantitative estimate of drug-likeness (QED) is 0.595. The Morgan fingerprint density at radius 3 is 2.31 bits per heavy atom. The summed E-state index contributed by atoms with van der Waals surface area (Å²) in [6.45, 7) is 5.38.